The molecule has 0 aromatic carbocycles. The Hall–Kier alpha value is -1.07. The SMILES string of the molecule is Cc1ccc(-c2nc(Br)[nH]c2CCN)o1. The number of hydrogen-bond donors (Lipinski definition) is 2. The topological polar surface area (TPSA) is 67.8 Å². The average molecular weight is 270 g/mol. The van der Waals surface area contributed by atoms with Gasteiger partial charge in [0, 0.05) is 12.1 Å². The summed E-state index contributed by atoms with van der Waals surface area (Å²) in [6, 6.07) is 3.84. The largest absolute Gasteiger partial charge is 0.460 e. The van der Waals surface area contributed by atoms with E-state index >= 15 is 0 Å². The summed E-state index contributed by atoms with van der Waals surface area (Å²) in [5.41, 5.74) is 7.36. The number of hydrogen-bond acceptors (Lipinski definition) is 3. The molecule has 2 aromatic heterocycles. The molecule has 0 unspecified atom stereocenters. The summed E-state index contributed by atoms with van der Waals surface area (Å²) in [4.78, 5) is 7.44. The highest BCUT2D eigenvalue weighted by Crippen LogP contribution is 2.25. The van der Waals surface area contributed by atoms with E-state index in [4.69, 9.17) is 10.2 Å². The fourth-order valence-electron chi connectivity index (χ4n) is 1.47. The number of nitrogens with two attached hydrogens (primary N) is 1. The van der Waals surface area contributed by atoms with Crippen molar-refractivity contribution in [3.63, 3.8) is 0 Å². The molecule has 0 atom stereocenters. The maximum atomic E-state index is 5.53. The highest BCUT2D eigenvalue weighted by Gasteiger charge is 2.13. The monoisotopic (exact) mass is 269 g/mol. The van der Waals surface area contributed by atoms with Gasteiger partial charge in [-0.15, -0.1) is 0 Å². The van der Waals surface area contributed by atoms with Crippen LogP contribution >= 0.6 is 15.9 Å². The van der Waals surface area contributed by atoms with E-state index in [1.807, 2.05) is 19.1 Å². The molecule has 5 heteroatoms. The lowest BCUT2D eigenvalue weighted by Gasteiger charge is -1.96. The molecule has 0 spiro atoms. The molecule has 3 N–H and O–H groups in total. The Morgan fingerprint density at radius 3 is 2.93 bits per heavy atom. The number of aryl methyl sites for hydroxylation is 1. The van der Waals surface area contributed by atoms with Crippen molar-refractivity contribution in [2.24, 2.45) is 5.73 Å². The molecule has 15 heavy (non-hydrogen) atoms. The van der Waals surface area contributed by atoms with E-state index in [9.17, 15) is 0 Å². The third-order valence-corrected chi connectivity index (χ3v) is 2.49. The Morgan fingerprint density at radius 1 is 1.53 bits per heavy atom. The summed E-state index contributed by atoms with van der Waals surface area (Å²) in [6.45, 7) is 2.50. The lowest BCUT2D eigenvalue weighted by Crippen LogP contribution is -2.03. The first-order chi connectivity index (χ1) is 7.20. The van der Waals surface area contributed by atoms with Crippen LogP contribution in [0.1, 0.15) is 11.5 Å². The first kappa shape index (κ1) is 10.4. The number of nitrogens with one attached hydrogen (secondary N) is 1. The maximum absolute atomic E-state index is 5.53. The fourth-order valence-corrected chi connectivity index (χ4v) is 1.88. The Kier molecular flexibility index (Phi) is 2.93. The zero-order valence-electron chi connectivity index (χ0n) is 8.38. The zero-order valence-corrected chi connectivity index (χ0v) is 9.97. The Balaban J connectivity index is 2.42. The molecule has 2 aromatic rings. The highest BCUT2D eigenvalue weighted by molar-refractivity contribution is 9.10. The van der Waals surface area contributed by atoms with E-state index in [-0.39, 0.29) is 0 Å². The quantitative estimate of drug-likeness (QED) is 0.898. The van der Waals surface area contributed by atoms with Gasteiger partial charge in [0.2, 0.25) is 0 Å². The van der Waals surface area contributed by atoms with E-state index in [1.54, 1.807) is 0 Å². The lowest BCUT2D eigenvalue weighted by atomic mass is 10.2. The fraction of sp³-hybridized carbons (Fsp3) is 0.300. The second kappa shape index (κ2) is 4.20. The molecule has 4 nitrogen and oxygen atoms in total. The van der Waals surface area contributed by atoms with Crippen molar-refractivity contribution in [2.75, 3.05) is 6.54 Å². The normalized spacial score (nSPS) is 10.9. The third kappa shape index (κ3) is 2.13. The van der Waals surface area contributed by atoms with Crippen molar-refractivity contribution in [2.45, 2.75) is 13.3 Å². The molecule has 0 saturated heterocycles. The van der Waals surface area contributed by atoms with Crippen molar-refractivity contribution >= 4 is 15.9 Å². The van der Waals surface area contributed by atoms with Crippen molar-refractivity contribution in [1.29, 1.82) is 0 Å². The molecule has 0 saturated carbocycles. The van der Waals surface area contributed by atoms with Crippen molar-refractivity contribution in [3.8, 4) is 11.5 Å². The molecule has 0 amide bonds. The summed E-state index contributed by atoms with van der Waals surface area (Å²) in [7, 11) is 0. The van der Waals surface area contributed by atoms with Gasteiger partial charge < -0.3 is 15.1 Å². The standard InChI is InChI=1S/C10H12BrN3O/c1-6-2-3-8(15-6)9-7(4-5-12)13-10(11)14-9/h2-3H,4-5,12H2,1H3,(H,13,14). The molecular weight excluding hydrogens is 258 g/mol. The number of nitrogens with zero attached hydrogens (tertiary/aromatic N) is 1. The summed E-state index contributed by atoms with van der Waals surface area (Å²) in [5, 5.41) is 0. The number of H-pyrrole nitrogens is 1. The number of imidazole rings is 1. The minimum Gasteiger partial charge on any atom is -0.460 e. The van der Waals surface area contributed by atoms with Crippen LogP contribution in [-0.4, -0.2) is 16.5 Å². The Morgan fingerprint density at radius 2 is 2.33 bits per heavy atom. The van der Waals surface area contributed by atoms with Gasteiger partial charge in [-0.1, -0.05) is 0 Å². The number of rotatable bonds is 3. The van der Waals surface area contributed by atoms with Crippen LogP contribution in [0, 0.1) is 6.92 Å². The molecule has 2 heterocycles. The van der Waals surface area contributed by atoms with Crippen LogP contribution in [-0.2, 0) is 6.42 Å². The predicted octanol–water partition coefficient (Wildman–Crippen LogP) is 2.24. The summed E-state index contributed by atoms with van der Waals surface area (Å²) < 4.78 is 6.23. The van der Waals surface area contributed by atoms with Gasteiger partial charge in [-0.05, 0) is 41.5 Å². The zero-order chi connectivity index (χ0) is 10.8. The molecule has 0 aliphatic heterocycles. The van der Waals surface area contributed by atoms with Crippen LogP contribution in [0.15, 0.2) is 21.3 Å². The van der Waals surface area contributed by atoms with Crippen molar-refractivity contribution in [3.05, 3.63) is 28.3 Å². The van der Waals surface area contributed by atoms with Crippen LogP contribution in [0.2, 0.25) is 0 Å². The number of aromatic amines is 1. The van der Waals surface area contributed by atoms with E-state index in [0.717, 1.165) is 29.3 Å². The smallest absolute Gasteiger partial charge is 0.175 e. The van der Waals surface area contributed by atoms with E-state index in [1.165, 1.54) is 0 Å². The maximum Gasteiger partial charge on any atom is 0.175 e. The third-order valence-electron chi connectivity index (χ3n) is 2.12. The first-order valence-corrected chi connectivity index (χ1v) is 5.51. The van der Waals surface area contributed by atoms with Gasteiger partial charge in [-0.2, -0.15) is 0 Å². The van der Waals surface area contributed by atoms with Gasteiger partial charge in [0.15, 0.2) is 10.5 Å². The van der Waals surface area contributed by atoms with E-state index < -0.39 is 0 Å². The summed E-state index contributed by atoms with van der Waals surface area (Å²) in [5.74, 6) is 1.65. The number of halogens is 1. The minimum atomic E-state index is 0.585. The summed E-state index contributed by atoms with van der Waals surface area (Å²) >= 11 is 3.31. The highest BCUT2D eigenvalue weighted by atomic mass is 79.9. The van der Waals surface area contributed by atoms with E-state index in [0.29, 0.717) is 11.3 Å². The molecule has 0 radical (unpaired) electrons. The number of furan rings is 1. The van der Waals surface area contributed by atoms with Crippen LogP contribution in [0.3, 0.4) is 0 Å². The second-order valence-electron chi connectivity index (χ2n) is 3.30. The Bertz CT molecular complexity index is 461. The Labute approximate surface area is 96.0 Å². The number of aromatic nitrogens is 2. The van der Waals surface area contributed by atoms with Gasteiger partial charge in [0.1, 0.15) is 11.5 Å². The van der Waals surface area contributed by atoms with E-state index in [2.05, 4.69) is 25.9 Å². The molecule has 80 valence electrons. The first-order valence-electron chi connectivity index (χ1n) is 4.72. The minimum absolute atomic E-state index is 0.585. The van der Waals surface area contributed by atoms with Crippen LogP contribution in [0.5, 0.6) is 0 Å². The lowest BCUT2D eigenvalue weighted by molar-refractivity contribution is 0.546. The van der Waals surface area contributed by atoms with Crippen LogP contribution in [0.25, 0.3) is 11.5 Å². The second-order valence-corrected chi connectivity index (χ2v) is 4.05. The molecule has 0 fully saturated rings. The van der Waals surface area contributed by atoms with Crippen LogP contribution < -0.4 is 5.73 Å². The van der Waals surface area contributed by atoms with Gasteiger partial charge in [-0.3, -0.25) is 0 Å². The van der Waals surface area contributed by atoms with Gasteiger partial charge in [0.05, 0.1) is 0 Å². The van der Waals surface area contributed by atoms with Crippen LogP contribution in [0.4, 0.5) is 0 Å². The predicted molar refractivity (Wildman–Crippen MR) is 61.5 cm³/mol. The average Bonchev–Trinajstić information content (AvgIpc) is 2.73. The van der Waals surface area contributed by atoms with Gasteiger partial charge in [-0.25, -0.2) is 4.98 Å². The molecular formula is C10H12BrN3O. The molecule has 2 rings (SSSR count). The molecule has 0 aliphatic rings. The molecule has 0 aliphatic carbocycles. The van der Waals surface area contributed by atoms with Gasteiger partial charge in [0.25, 0.3) is 0 Å². The molecule has 0 bridgehead atoms. The van der Waals surface area contributed by atoms with Crippen molar-refractivity contribution in [1.82, 2.24) is 9.97 Å². The van der Waals surface area contributed by atoms with Crippen molar-refractivity contribution < 1.29 is 4.42 Å². The summed E-state index contributed by atoms with van der Waals surface area (Å²) in [6.07, 6.45) is 0.758. The van der Waals surface area contributed by atoms with Gasteiger partial charge >= 0.3 is 0 Å².